The van der Waals surface area contributed by atoms with E-state index in [1.807, 2.05) is 96.1 Å². The number of methoxy groups -OCH3 is 1. The van der Waals surface area contributed by atoms with E-state index in [2.05, 4.69) is 5.32 Å². The number of thioether (sulfide) groups is 1. The molecular weight excluding hydrogens is 446 g/mol. The minimum atomic E-state index is -0.766. The molecule has 0 fully saturated rings. The third-order valence-electron chi connectivity index (χ3n) is 5.69. The number of ether oxygens (including phenoxy) is 2. The van der Waals surface area contributed by atoms with Gasteiger partial charge in [0.15, 0.2) is 5.12 Å². The van der Waals surface area contributed by atoms with Crippen molar-refractivity contribution in [2.75, 3.05) is 19.0 Å². The number of rotatable bonds is 11. The number of anilines is 1. The monoisotopic (exact) mass is 485 g/mol. The molecule has 0 aromatic heterocycles. The van der Waals surface area contributed by atoms with E-state index in [1.54, 1.807) is 7.11 Å². The molecule has 0 aliphatic heterocycles. The maximum atomic E-state index is 13.0. The summed E-state index contributed by atoms with van der Waals surface area (Å²) in [5.74, 6) is 0.394. The summed E-state index contributed by atoms with van der Waals surface area (Å²) in [7, 11) is 1.63. The molecule has 186 valence electrons. The first-order chi connectivity index (χ1) is 16.0. The van der Waals surface area contributed by atoms with Gasteiger partial charge >= 0.3 is 5.97 Å². The standard InChI is InChI=1S/C28H39NO4S/c1-8-33-26(31)28(5,6)24(20-12-10-9-11-13-20)18-22(19-25(30)34-27(2,3)4)29-21-14-16-23(32-7)17-15-21/h9-17,22,24,29H,8,18-19H2,1-7H3/t22-,24+/m1/s1. The molecule has 0 saturated heterocycles. The van der Waals surface area contributed by atoms with E-state index in [9.17, 15) is 9.59 Å². The smallest absolute Gasteiger partial charge is 0.312 e. The van der Waals surface area contributed by atoms with Crippen LogP contribution in [0, 0.1) is 5.41 Å². The summed E-state index contributed by atoms with van der Waals surface area (Å²) in [5.41, 5.74) is 1.19. The fourth-order valence-electron chi connectivity index (χ4n) is 3.98. The van der Waals surface area contributed by atoms with Crippen molar-refractivity contribution in [3.8, 4) is 5.75 Å². The molecule has 2 aromatic carbocycles. The number of carbonyl (C=O) groups is 2. The first-order valence-corrected chi connectivity index (χ1v) is 12.6. The average Bonchev–Trinajstić information content (AvgIpc) is 2.77. The van der Waals surface area contributed by atoms with Crippen molar-refractivity contribution in [3.63, 3.8) is 0 Å². The second kappa shape index (κ2) is 12.3. The van der Waals surface area contributed by atoms with Crippen LogP contribution >= 0.6 is 11.8 Å². The second-order valence-corrected chi connectivity index (χ2v) is 11.9. The maximum Gasteiger partial charge on any atom is 0.312 e. The summed E-state index contributed by atoms with van der Waals surface area (Å²) in [5, 5.41) is 3.67. The Balaban J connectivity index is 2.38. The van der Waals surface area contributed by atoms with Gasteiger partial charge in [-0.15, -0.1) is 0 Å². The highest BCUT2D eigenvalue weighted by atomic mass is 32.2. The molecule has 0 unspecified atom stereocenters. The van der Waals surface area contributed by atoms with Crippen molar-refractivity contribution in [1.29, 1.82) is 0 Å². The Morgan fingerprint density at radius 1 is 0.971 bits per heavy atom. The van der Waals surface area contributed by atoms with Crippen LogP contribution in [-0.2, 0) is 14.3 Å². The van der Waals surface area contributed by atoms with E-state index in [0.29, 0.717) is 19.4 Å². The summed E-state index contributed by atoms with van der Waals surface area (Å²) in [4.78, 5) is 25.9. The van der Waals surface area contributed by atoms with Crippen LogP contribution in [0.3, 0.4) is 0 Å². The van der Waals surface area contributed by atoms with Crippen molar-refractivity contribution < 1.29 is 19.1 Å². The van der Waals surface area contributed by atoms with Gasteiger partial charge in [-0.1, -0.05) is 62.9 Å². The Morgan fingerprint density at radius 2 is 1.59 bits per heavy atom. The van der Waals surface area contributed by atoms with Gasteiger partial charge in [0.1, 0.15) is 5.75 Å². The summed E-state index contributed by atoms with van der Waals surface area (Å²) in [6.45, 7) is 12.1. The van der Waals surface area contributed by atoms with Gasteiger partial charge in [-0.2, -0.15) is 0 Å². The minimum absolute atomic E-state index is 0.124. The van der Waals surface area contributed by atoms with Gasteiger partial charge in [0.05, 0.1) is 19.1 Å². The lowest BCUT2D eigenvalue weighted by Crippen LogP contribution is -2.37. The Kier molecular flexibility index (Phi) is 10.0. The van der Waals surface area contributed by atoms with Crippen LogP contribution in [0.25, 0.3) is 0 Å². The molecule has 1 N–H and O–H groups in total. The molecule has 2 aromatic rings. The summed E-state index contributed by atoms with van der Waals surface area (Å²) in [6, 6.07) is 17.5. The van der Waals surface area contributed by atoms with Crippen molar-refractivity contribution in [1.82, 2.24) is 0 Å². The largest absolute Gasteiger partial charge is 0.497 e. The van der Waals surface area contributed by atoms with E-state index < -0.39 is 5.41 Å². The Labute approximate surface area is 209 Å². The first kappa shape index (κ1) is 27.8. The van der Waals surface area contributed by atoms with Crippen molar-refractivity contribution >= 4 is 28.5 Å². The zero-order chi connectivity index (χ0) is 25.4. The molecule has 0 spiro atoms. The summed E-state index contributed by atoms with van der Waals surface area (Å²) in [6.07, 6.45) is 0.939. The lowest BCUT2D eigenvalue weighted by molar-refractivity contribution is -0.155. The predicted molar refractivity (Wildman–Crippen MR) is 142 cm³/mol. The normalized spacial score (nSPS) is 13.6. The molecule has 0 saturated carbocycles. The lowest BCUT2D eigenvalue weighted by atomic mass is 9.71. The summed E-state index contributed by atoms with van der Waals surface area (Å²) >= 11 is 1.36. The van der Waals surface area contributed by atoms with Gasteiger partial charge in [-0.05, 0) is 57.0 Å². The topological polar surface area (TPSA) is 64.6 Å². The van der Waals surface area contributed by atoms with Crippen LogP contribution in [0.4, 0.5) is 5.69 Å². The van der Waals surface area contributed by atoms with Crippen LogP contribution in [0.15, 0.2) is 54.6 Å². The van der Waals surface area contributed by atoms with Crippen LogP contribution in [0.2, 0.25) is 0 Å². The zero-order valence-electron chi connectivity index (χ0n) is 21.5. The highest BCUT2D eigenvalue weighted by Gasteiger charge is 2.40. The molecular formula is C28H39NO4S. The van der Waals surface area contributed by atoms with Gasteiger partial charge in [-0.25, -0.2) is 0 Å². The fourth-order valence-corrected chi connectivity index (χ4v) is 4.94. The fraction of sp³-hybridized carbons (Fsp3) is 0.500. The van der Waals surface area contributed by atoms with Crippen LogP contribution in [-0.4, -0.2) is 35.6 Å². The Bertz CT molecular complexity index is 920. The molecule has 0 aliphatic rings. The molecule has 0 amide bonds. The molecule has 5 nitrogen and oxygen atoms in total. The van der Waals surface area contributed by atoms with Gasteiger partial charge in [-0.3, -0.25) is 9.59 Å². The molecule has 0 aliphatic carbocycles. The quantitative estimate of drug-likeness (QED) is 0.358. The predicted octanol–water partition coefficient (Wildman–Crippen LogP) is 6.69. The lowest BCUT2D eigenvalue weighted by Gasteiger charge is -2.35. The van der Waals surface area contributed by atoms with E-state index >= 15 is 0 Å². The van der Waals surface area contributed by atoms with Crippen molar-refractivity contribution in [3.05, 3.63) is 60.2 Å². The van der Waals surface area contributed by atoms with Crippen molar-refractivity contribution in [2.24, 2.45) is 5.41 Å². The molecule has 2 rings (SSSR count). The van der Waals surface area contributed by atoms with Gasteiger partial charge < -0.3 is 14.8 Å². The van der Waals surface area contributed by atoms with Crippen LogP contribution < -0.4 is 10.1 Å². The molecule has 6 heteroatoms. The number of nitrogens with one attached hydrogen (secondary N) is 1. The zero-order valence-corrected chi connectivity index (χ0v) is 22.3. The number of carbonyl (C=O) groups excluding carboxylic acids is 2. The van der Waals surface area contributed by atoms with E-state index in [4.69, 9.17) is 9.47 Å². The highest BCUT2D eigenvalue weighted by molar-refractivity contribution is 8.14. The van der Waals surface area contributed by atoms with Crippen molar-refractivity contribution in [2.45, 2.75) is 71.1 Å². The second-order valence-electron chi connectivity index (χ2n) is 10.0. The molecule has 0 bridgehead atoms. The number of esters is 1. The SMILES string of the molecule is CCOC(=O)C(C)(C)[C@@H](C[C@H](CC(=O)SC(C)(C)C)Nc1ccc(OC)cc1)c1ccccc1. The average molecular weight is 486 g/mol. The molecule has 0 heterocycles. The number of benzene rings is 2. The van der Waals surface area contributed by atoms with Gasteiger partial charge in [0.25, 0.3) is 0 Å². The first-order valence-electron chi connectivity index (χ1n) is 11.8. The van der Waals surface area contributed by atoms with Crippen LogP contribution in [0.5, 0.6) is 5.75 Å². The molecule has 0 radical (unpaired) electrons. The minimum Gasteiger partial charge on any atom is -0.497 e. The van der Waals surface area contributed by atoms with Crippen LogP contribution in [0.1, 0.15) is 65.9 Å². The number of hydrogen-bond acceptors (Lipinski definition) is 6. The third-order valence-corrected chi connectivity index (χ3v) is 6.70. The molecule has 2 atom stereocenters. The van der Waals surface area contributed by atoms with Gasteiger partial charge in [0, 0.05) is 28.8 Å². The number of hydrogen-bond donors (Lipinski definition) is 1. The van der Waals surface area contributed by atoms with E-state index in [0.717, 1.165) is 17.0 Å². The Hall–Kier alpha value is -2.47. The molecule has 34 heavy (non-hydrogen) atoms. The van der Waals surface area contributed by atoms with E-state index in [1.165, 1.54) is 11.8 Å². The highest BCUT2D eigenvalue weighted by Crippen LogP contribution is 2.41. The maximum absolute atomic E-state index is 13.0. The third kappa shape index (κ3) is 8.39. The summed E-state index contributed by atoms with van der Waals surface area (Å²) < 4.78 is 10.5. The van der Waals surface area contributed by atoms with E-state index in [-0.39, 0.29) is 27.8 Å². The Morgan fingerprint density at radius 3 is 2.12 bits per heavy atom. The van der Waals surface area contributed by atoms with Gasteiger partial charge in [0.2, 0.25) is 0 Å².